The molecule has 0 aliphatic carbocycles. The highest BCUT2D eigenvalue weighted by atomic mass is 32.1. The molecule has 19 heavy (non-hydrogen) atoms. The summed E-state index contributed by atoms with van der Waals surface area (Å²) in [6, 6.07) is 0. The summed E-state index contributed by atoms with van der Waals surface area (Å²) >= 11 is 1.75. The summed E-state index contributed by atoms with van der Waals surface area (Å²) in [4.78, 5) is 4.36. The number of imidazole rings is 1. The smallest absolute Gasteiger partial charge is 0.203 e. The standard InChI is InChI=1S/C14H21N3OS/c1-3-18-8-4-5-15-14-16-6-7-17(14)9-13-11-19-10-12(13)2/h6-7,10-11H,3-5,8-9H2,1-2H3,(H,15,16). The van der Waals surface area contributed by atoms with E-state index in [2.05, 4.69) is 32.6 Å². The molecule has 0 aliphatic rings. The van der Waals surface area contributed by atoms with Crippen LogP contribution in [0.3, 0.4) is 0 Å². The Balaban J connectivity index is 1.85. The van der Waals surface area contributed by atoms with E-state index in [4.69, 9.17) is 4.74 Å². The van der Waals surface area contributed by atoms with E-state index >= 15 is 0 Å². The Morgan fingerprint density at radius 2 is 2.32 bits per heavy atom. The third-order valence-corrected chi connectivity index (χ3v) is 3.88. The minimum absolute atomic E-state index is 0.784. The largest absolute Gasteiger partial charge is 0.382 e. The molecule has 0 saturated heterocycles. The molecule has 0 radical (unpaired) electrons. The Bertz CT molecular complexity index is 492. The van der Waals surface area contributed by atoms with Crippen LogP contribution in [-0.4, -0.2) is 29.3 Å². The van der Waals surface area contributed by atoms with Crippen LogP contribution >= 0.6 is 11.3 Å². The number of nitrogens with one attached hydrogen (secondary N) is 1. The van der Waals surface area contributed by atoms with Crippen molar-refractivity contribution in [2.75, 3.05) is 25.1 Å². The Morgan fingerprint density at radius 1 is 1.42 bits per heavy atom. The van der Waals surface area contributed by atoms with Gasteiger partial charge < -0.3 is 14.6 Å². The van der Waals surface area contributed by atoms with Crippen molar-refractivity contribution in [3.05, 3.63) is 34.3 Å². The van der Waals surface area contributed by atoms with Gasteiger partial charge in [0.25, 0.3) is 0 Å². The number of aromatic nitrogens is 2. The van der Waals surface area contributed by atoms with Crippen molar-refractivity contribution >= 4 is 17.3 Å². The fourth-order valence-electron chi connectivity index (χ4n) is 1.86. The Morgan fingerprint density at radius 3 is 3.05 bits per heavy atom. The second kappa shape index (κ2) is 7.31. The lowest BCUT2D eigenvalue weighted by atomic mass is 10.2. The van der Waals surface area contributed by atoms with Crippen LogP contribution in [0, 0.1) is 6.92 Å². The lowest BCUT2D eigenvalue weighted by Crippen LogP contribution is -2.11. The average Bonchev–Trinajstić information content (AvgIpc) is 3.00. The lowest BCUT2D eigenvalue weighted by molar-refractivity contribution is 0.147. The fraction of sp³-hybridized carbons (Fsp3) is 0.500. The number of hydrogen-bond donors (Lipinski definition) is 1. The minimum atomic E-state index is 0.784. The number of ether oxygens (including phenoxy) is 1. The average molecular weight is 279 g/mol. The first kappa shape index (κ1) is 14.1. The highest BCUT2D eigenvalue weighted by Crippen LogP contribution is 2.17. The fourth-order valence-corrected chi connectivity index (χ4v) is 2.70. The number of rotatable bonds is 8. The molecule has 2 aromatic rings. The number of thiophene rings is 1. The van der Waals surface area contributed by atoms with E-state index in [1.54, 1.807) is 11.3 Å². The highest BCUT2D eigenvalue weighted by Gasteiger charge is 2.05. The molecule has 0 aromatic carbocycles. The summed E-state index contributed by atoms with van der Waals surface area (Å²) < 4.78 is 7.47. The van der Waals surface area contributed by atoms with E-state index in [0.717, 1.165) is 38.7 Å². The van der Waals surface area contributed by atoms with Crippen LogP contribution in [0.1, 0.15) is 24.5 Å². The summed E-state index contributed by atoms with van der Waals surface area (Å²) in [6.45, 7) is 7.52. The van der Waals surface area contributed by atoms with Gasteiger partial charge in [0.15, 0.2) is 0 Å². The van der Waals surface area contributed by atoms with Crippen LogP contribution in [0.25, 0.3) is 0 Å². The maximum Gasteiger partial charge on any atom is 0.203 e. The SMILES string of the molecule is CCOCCCNc1nccn1Cc1cscc1C. The van der Waals surface area contributed by atoms with Crippen LogP contribution in [0.4, 0.5) is 5.95 Å². The van der Waals surface area contributed by atoms with Crippen LogP contribution in [0.15, 0.2) is 23.2 Å². The van der Waals surface area contributed by atoms with Crippen LogP contribution in [-0.2, 0) is 11.3 Å². The highest BCUT2D eigenvalue weighted by molar-refractivity contribution is 7.08. The molecule has 104 valence electrons. The second-order valence-corrected chi connectivity index (χ2v) is 5.18. The predicted octanol–water partition coefficient (Wildman–Crippen LogP) is 3.14. The summed E-state index contributed by atoms with van der Waals surface area (Å²) in [7, 11) is 0. The number of hydrogen-bond acceptors (Lipinski definition) is 4. The van der Waals surface area contributed by atoms with Crippen molar-refractivity contribution in [2.24, 2.45) is 0 Å². The molecule has 0 bridgehead atoms. The lowest BCUT2D eigenvalue weighted by Gasteiger charge is -2.09. The third kappa shape index (κ3) is 4.08. The number of anilines is 1. The van der Waals surface area contributed by atoms with Gasteiger partial charge in [0.05, 0.1) is 6.54 Å². The molecule has 4 nitrogen and oxygen atoms in total. The molecule has 0 atom stereocenters. The topological polar surface area (TPSA) is 39.1 Å². The van der Waals surface area contributed by atoms with E-state index < -0.39 is 0 Å². The van der Waals surface area contributed by atoms with Crippen molar-refractivity contribution in [1.82, 2.24) is 9.55 Å². The molecule has 0 aliphatic heterocycles. The summed E-state index contributed by atoms with van der Waals surface area (Å²) in [6.07, 6.45) is 4.85. The van der Waals surface area contributed by atoms with Crippen molar-refractivity contribution in [2.45, 2.75) is 26.8 Å². The minimum Gasteiger partial charge on any atom is -0.382 e. The molecule has 0 fully saturated rings. The van der Waals surface area contributed by atoms with Gasteiger partial charge in [0.1, 0.15) is 0 Å². The normalized spacial score (nSPS) is 10.8. The van der Waals surface area contributed by atoms with E-state index in [9.17, 15) is 0 Å². The molecule has 0 amide bonds. The Labute approximate surface area is 118 Å². The van der Waals surface area contributed by atoms with Crippen molar-refractivity contribution in [3.63, 3.8) is 0 Å². The van der Waals surface area contributed by atoms with E-state index in [-0.39, 0.29) is 0 Å². The Hall–Kier alpha value is -1.33. The summed E-state index contributed by atoms with van der Waals surface area (Å²) in [5.74, 6) is 0.932. The molecule has 2 rings (SSSR count). The maximum atomic E-state index is 5.32. The van der Waals surface area contributed by atoms with Gasteiger partial charge in [-0.3, -0.25) is 0 Å². The molecule has 0 saturated carbocycles. The van der Waals surface area contributed by atoms with Gasteiger partial charge in [0.2, 0.25) is 5.95 Å². The van der Waals surface area contributed by atoms with Gasteiger partial charge in [-0.15, -0.1) is 0 Å². The van der Waals surface area contributed by atoms with E-state index in [0.29, 0.717) is 0 Å². The maximum absolute atomic E-state index is 5.32. The van der Waals surface area contributed by atoms with Crippen molar-refractivity contribution < 1.29 is 4.74 Å². The van der Waals surface area contributed by atoms with E-state index in [1.165, 1.54) is 11.1 Å². The second-order valence-electron chi connectivity index (χ2n) is 4.44. The molecule has 5 heteroatoms. The number of aryl methyl sites for hydroxylation is 1. The van der Waals surface area contributed by atoms with Crippen molar-refractivity contribution in [3.8, 4) is 0 Å². The van der Waals surface area contributed by atoms with Gasteiger partial charge in [-0.2, -0.15) is 11.3 Å². The molecule has 2 heterocycles. The molecule has 0 spiro atoms. The Kier molecular flexibility index (Phi) is 5.42. The summed E-state index contributed by atoms with van der Waals surface area (Å²) in [5.41, 5.74) is 2.71. The van der Waals surface area contributed by atoms with Crippen molar-refractivity contribution in [1.29, 1.82) is 0 Å². The molecule has 2 aromatic heterocycles. The van der Waals surface area contributed by atoms with Gasteiger partial charge in [-0.1, -0.05) is 0 Å². The molecular formula is C14H21N3OS. The van der Waals surface area contributed by atoms with Crippen LogP contribution in [0.5, 0.6) is 0 Å². The van der Waals surface area contributed by atoms with Gasteiger partial charge in [0, 0.05) is 32.2 Å². The van der Waals surface area contributed by atoms with Gasteiger partial charge in [-0.05, 0) is 42.2 Å². The summed E-state index contributed by atoms with van der Waals surface area (Å²) in [5, 5.41) is 7.74. The van der Waals surface area contributed by atoms with Crippen LogP contribution in [0.2, 0.25) is 0 Å². The van der Waals surface area contributed by atoms with E-state index in [1.807, 2.05) is 19.3 Å². The zero-order valence-electron chi connectivity index (χ0n) is 11.6. The first-order chi connectivity index (χ1) is 9.31. The van der Waals surface area contributed by atoms with Crippen LogP contribution < -0.4 is 5.32 Å². The number of nitrogens with zero attached hydrogens (tertiary/aromatic N) is 2. The molecular weight excluding hydrogens is 258 g/mol. The first-order valence-electron chi connectivity index (χ1n) is 6.65. The zero-order valence-corrected chi connectivity index (χ0v) is 12.4. The quantitative estimate of drug-likeness (QED) is 0.755. The molecule has 1 N–H and O–H groups in total. The van der Waals surface area contributed by atoms with Gasteiger partial charge in [-0.25, -0.2) is 4.98 Å². The van der Waals surface area contributed by atoms with Gasteiger partial charge >= 0.3 is 0 Å². The molecule has 0 unspecified atom stereocenters. The first-order valence-corrected chi connectivity index (χ1v) is 7.60. The third-order valence-electron chi connectivity index (χ3n) is 2.97. The zero-order chi connectivity index (χ0) is 13.5. The predicted molar refractivity (Wildman–Crippen MR) is 80.0 cm³/mol. The monoisotopic (exact) mass is 279 g/mol.